The van der Waals surface area contributed by atoms with E-state index in [4.69, 9.17) is 0 Å². The second-order valence-electron chi connectivity index (χ2n) is 7.01. The molecule has 0 aromatic rings. The predicted molar refractivity (Wildman–Crippen MR) is 77.1 cm³/mol. The number of hydrogen-bond donors (Lipinski definition) is 0. The van der Waals surface area contributed by atoms with Crippen molar-refractivity contribution in [3.8, 4) is 0 Å². The highest BCUT2D eigenvalue weighted by Crippen LogP contribution is 2.47. The zero-order valence-electron chi connectivity index (χ0n) is 11.8. The maximum Gasteiger partial charge on any atom is 0.00853 e. The highest BCUT2D eigenvalue weighted by molar-refractivity contribution is 9.09. The van der Waals surface area contributed by atoms with Gasteiger partial charge in [-0.25, -0.2) is 0 Å². The average molecular weight is 289 g/mol. The Morgan fingerprint density at radius 1 is 0.875 bits per heavy atom. The zero-order valence-corrected chi connectivity index (χ0v) is 13.4. The van der Waals surface area contributed by atoms with E-state index < -0.39 is 0 Å². The van der Waals surface area contributed by atoms with Crippen molar-refractivity contribution in [3.05, 3.63) is 0 Å². The summed E-state index contributed by atoms with van der Waals surface area (Å²) in [4.78, 5) is 0. The summed E-state index contributed by atoms with van der Waals surface area (Å²) < 4.78 is 0. The van der Waals surface area contributed by atoms with Gasteiger partial charge in [0.15, 0.2) is 0 Å². The molecule has 0 saturated heterocycles. The van der Waals surface area contributed by atoms with Crippen LogP contribution in [-0.4, -0.2) is 5.33 Å². The molecule has 0 N–H and O–H groups in total. The summed E-state index contributed by atoms with van der Waals surface area (Å²) in [5.74, 6) is 1.88. The van der Waals surface area contributed by atoms with Crippen molar-refractivity contribution < 1.29 is 0 Å². The molecule has 1 fully saturated rings. The number of rotatable bonds is 4. The lowest BCUT2D eigenvalue weighted by Gasteiger charge is -2.43. The van der Waals surface area contributed by atoms with Gasteiger partial charge in [-0.1, -0.05) is 57.0 Å². The van der Waals surface area contributed by atoms with E-state index >= 15 is 0 Å². The summed E-state index contributed by atoms with van der Waals surface area (Å²) in [6.07, 6.45) is 7.09. The minimum Gasteiger partial charge on any atom is -0.0922 e. The fourth-order valence-electron chi connectivity index (χ4n) is 3.05. The smallest absolute Gasteiger partial charge is 0.00853 e. The molecule has 1 saturated carbocycles. The van der Waals surface area contributed by atoms with Gasteiger partial charge in [-0.15, -0.1) is 0 Å². The van der Waals surface area contributed by atoms with Gasteiger partial charge in [-0.3, -0.25) is 0 Å². The van der Waals surface area contributed by atoms with Gasteiger partial charge in [0.05, 0.1) is 0 Å². The van der Waals surface area contributed by atoms with Crippen LogP contribution in [0, 0.1) is 22.7 Å². The lowest BCUT2D eigenvalue weighted by atomic mass is 9.63. The molecule has 0 heterocycles. The summed E-state index contributed by atoms with van der Waals surface area (Å²) in [5, 5.41) is 1.15. The lowest BCUT2D eigenvalue weighted by molar-refractivity contribution is 0.0873. The van der Waals surface area contributed by atoms with E-state index in [0.29, 0.717) is 10.8 Å². The predicted octanol–water partition coefficient (Wildman–Crippen LogP) is 5.65. The van der Waals surface area contributed by atoms with Crippen molar-refractivity contribution in [1.82, 2.24) is 0 Å². The Kier molecular flexibility index (Phi) is 4.92. The van der Waals surface area contributed by atoms with Crippen molar-refractivity contribution in [2.24, 2.45) is 22.7 Å². The molecule has 0 amide bonds. The molecule has 0 aromatic carbocycles. The molecule has 0 bridgehead atoms. The number of alkyl halides is 1. The molecule has 16 heavy (non-hydrogen) atoms. The van der Waals surface area contributed by atoms with Crippen LogP contribution in [0.5, 0.6) is 0 Å². The molecule has 1 aliphatic rings. The van der Waals surface area contributed by atoms with Crippen LogP contribution >= 0.6 is 15.9 Å². The average Bonchev–Trinajstić information content (AvgIpc) is 2.29. The van der Waals surface area contributed by atoms with Crippen LogP contribution in [0.1, 0.15) is 66.7 Å². The fraction of sp³-hybridized carbons (Fsp3) is 1.00. The Labute approximate surface area is 111 Å². The Morgan fingerprint density at radius 3 is 1.56 bits per heavy atom. The van der Waals surface area contributed by atoms with E-state index in [0.717, 1.165) is 17.2 Å². The third-order valence-corrected chi connectivity index (χ3v) is 6.64. The molecule has 0 atom stereocenters. The molecule has 0 aromatic heterocycles. The third kappa shape index (κ3) is 3.24. The maximum atomic E-state index is 3.67. The van der Waals surface area contributed by atoms with Gasteiger partial charge in [-0.05, 0) is 48.3 Å². The first-order valence-electron chi connectivity index (χ1n) is 6.89. The highest BCUT2D eigenvalue weighted by atomic mass is 79.9. The molecule has 0 radical (unpaired) electrons. The lowest BCUT2D eigenvalue weighted by Crippen LogP contribution is -2.34. The van der Waals surface area contributed by atoms with Crippen LogP contribution in [-0.2, 0) is 0 Å². The summed E-state index contributed by atoms with van der Waals surface area (Å²) in [6, 6.07) is 0. The van der Waals surface area contributed by atoms with Crippen molar-refractivity contribution in [3.63, 3.8) is 0 Å². The first-order valence-corrected chi connectivity index (χ1v) is 8.01. The summed E-state index contributed by atoms with van der Waals surface area (Å²) in [5.41, 5.74) is 1.05. The molecule has 0 unspecified atom stereocenters. The van der Waals surface area contributed by atoms with Crippen LogP contribution in [0.3, 0.4) is 0 Å². The maximum absolute atomic E-state index is 3.67. The van der Waals surface area contributed by atoms with Crippen molar-refractivity contribution in [2.45, 2.75) is 66.7 Å². The highest BCUT2D eigenvalue weighted by Gasteiger charge is 2.36. The fourth-order valence-corrected chi connectivity index (χ4v) is 3.51. The summed E-state index contributed by atoms with van der Waals surface area (Å²) in [7, 11) is 0. The van der Waals surface area contributed by atoms with Crippen LogP contribution in [0.2, 0.25) is 0 Å². The normalized spacial score (nSPS) is 28.1. The zero-order chi connectivity index (χ0) is 12.4. The Hall–Kier alpha value is 0.480. The van der Waals surface area contributed by atoms with Gasteiger partial charge in [0.2, 0.25) is 0 Å². The van der Waals surface area contributed by atoms with Crippen LogP contribution in [0.4, 0.5) is 0 Å². The van der Waals surface area contributed by atoms with Crippen molar-refractivity contribution in [1.29, 1.82) is 0 Å². The van der Waals surface area contributed by atoms with E-state index in [2.05, 4.69) is 50.5 Å². The van der Waals surface area contributed by atoms with Gasteiger partial charge < -0.3 is 0 Å². The van der Waals surface area contributed by atoms with E-state index in [1.165, 1.54) is 32.1 Å². The summed E-state index contributed by atoms with van der Waals surface area (Å²) >= 11 is 3.67. The van der Waals surface area contributed by atoms with Crippen LogP contribution < -0.4 is 0 Å². The molecular weight excluding hydrogens is 260 g/mol. The number of halogens is 1. The topological polar surface area (TPSA) is 0 Å². The first-order chi connectivity index (χ1) is 7.33. The van der Waals surface area contributed by atoms with Gasteiger partial charge in [-0.2, -0.15) is 0 Å². The van der Waals surface area contributed by atoms with Crippen LogP contribution in [0.25, 0.3) is 0 Å². The minimum absolute atomic E-state index is 0.487. The Bertz CT molecular complexity index is 185. The van der Waals surface area contributed by atoms with Crippen LogP contribution in [0.15, 0.2) is 0 Å². The quantitative estimate of drug-likeness (QED) is 0.587. The summed E-state index contributed by atoms with van der Waals surface area (Å²) in [6.45, 7) is 12.1. The second-order valence-corrected chi connectivity index (χ2v) is 7.57. The molecule has 1 rings (SSSR count). The molecule has 96 valence electrons. The third-order valence-electron chi connectivity index (χ3n) is 5.19. The standard InChI is InChI=1S/C15H29Br/c1-6-14(2,3)12-7-9-13(10-8-12)15(4,5)11-16/h12-13H,6-11H2,1-5H3. The molecule has 0 spiro atoms. The van der Waals surface area contributed by atoms with E-state index in [-0.39, 0.29) is 0 Å². The van der Waals surface area contributed by atoms with Crippen molar-refractivity contribution in [2.75, 3.05) is 5.33 Å². The van der Waals surface area contributed by atoms with Gasteiger partial charge in [0.25, 0.3) is 0 Å². The molecule has 1 heteroatoms. The number of hydrogen-bond acceptors (Lipinski definition) is 0. The minimum atomic E-state index is 0.487. The van der Waals surface area contributed by atoms with E-state index in [1.807, 2.05) is 0 Å². The molecule has 1 aliphatic carbocycles. The van der Waals surface area contributed by atoms with Crippen molar-refractivity contribution >= 4 is 15.9 Å². The SMILES string of the molecule is CCC(C)(C)C1CCC(C(C)(C)CBr)CC1. The molecular formula is C15H29Br. The monoisotopic (exact) mass is 288 g/mol. The van der Waals surface area contributed by atoms with Gasteiger partial charge >= 0.3 is 0 Å². The first kappa shape index (κ1) is 14.5. The molecule has 0 aliphatic heterocycles. The molecule has 0 nitrogen and oxygen atoms in total. The Balaban J connectivity index is 2.52. The van der Waals surface area contributed by atoms with Gasteiger partial charge in [0.1, 0.15) is 0 Å². The van der Waals surface area contributed by atoms with E-state index in [1.54, 1.807) is 0 Å². The van der Waals surface area contributed by atoms with Gasteiger partial charge in [0, 0.05) is 5.33 Å². The Morgan fingerprint density at radius 2 is 1.25 bits per heavy atom. The second kappa shape index (κ2) is 5.42. The largest absolute Gasteiger partial charge is 0.0922 e. The van der Waals surface area contributed by atoms with E-state index in [9.17, 15) is 0 Å².